The third kappa shape index (κ3) is 2.85. The number of para-hydroxylation sites is 2. The van der Waals surface area contributed by atoms with Crippen molar-refractivity contribution >= 4 is 28.4 Å². The zero-order chi connectivity index (χ0) is 21.1. The Labute approximate surface area is 181 Å². The molecule has 0 spiro atoms. The van der Waals surface area contributed by atoms with Gasteiger partial charge in [0.05, 0.1) is 16.9 Å². The van der Waals surface area contributed by atoms with Gasteiger partial charge in [-0.1, -0.05) is 30.3 Å². The Morgan fingerprint density at radius 1 is 1.10 bits per heavy atom. The third-order valence-corrected chi connectivity index (χ3v) is 6.99. The predicted molar refractivity (Wildman–Crippen MR) is 120 cm³/mol. The lowest BCUT2D eigenvalue weighted by molar-refractivity contribution is -0.121. The van der Waals surface area contributed by atoms with E-state index in [1.165, 1.54) is 23.8 Å². The zero-order valence-electron chi connectivity index (χ0n) is 17.7. The first-order valence-electron chi connectivity index (χ1n) is 11.1. The van der Waals surface area contributed by atoms with E-state index in [9.17, 15) is 9.59 Å². The molecule has 3 aliphatic rings. The number of carbonyl (C=O) groups is 2. The molecule has 2 aliphatic heterocycles. The van der Waals surface area contributed by atoms with Gasteiger partial charge in [-0.05, 0) is 48.9 Å². The Morgan fingerprint density at radius 2 is 1.87 bits per heavy atom. The quantitative estimate of drug-likeness (QED) is 0.713. The molecule has 1 aromatic heterocycles. The number of hydrogen-bond donors (Lipinski definition) is 1. The number of rotatable bonds is 4. The molecule has 6 rings (SSSR count). The summed E-state index contributed by atoms with van der Waals surface area (Å²) < 4.78 is 2.14. The van der Waals surface area contributed by atoms with Crippen LogP contribution in [0.1, 0.15) is 40.6 Å². The molecule has 0 unspecified atom stereocenters. The summed E-state index contributed by atoms with van der Waals surface area (Å²) in [6.07, 6.45) is 3.01. The normalized spacial score (nSPS) is 19.8. The number of amides is 2. The molecule has 3 heterocycles. The van der Waals surface area contributed by atoms with Crippen molar-refractivity contribution in [3.8, 4) is 0 Å². The first-order chi connectivity index (χ1) is 15.1. The molecule has 2 aromatic carbocycles. The predicted octanol–water partition coefficient (Wildman–Crippen LogP) is 3.31. The summed E-state index contributed by atoms with van der Waals surface area (Å²) in [5.41, 5.74) is 5.08. The summed E-state index contributed by atoms with van der Waals surface area (Å²) in [5, 5.41) is 4.30. The average molecular weight is 415 g/mol. The van der Waals surface area contributed by atoms with E-state index in [4.69, 9.17) is 0 Å². The molecule has 1 N–H and O–H groups in total. The third-order valence-electron chi connectivity index (χ3n) is 6.99. The van der Waals surface area contributed by atoms with Crippen LogP contribution in [0.5, 0.6) is 0 Å². The topological polar surface area (TPSA) is 57.6 Å². The van der Waals surface area contributed by atoms with Crippen LogP contribution in [0.3, 0.4) is 0 Å². The second-order valence-electron chi connectivity index (χ2n) is 8.96. The van der Waals surface area contributed by atoms with Crippen molar-refractivity contribution in [2.75, 3.05) is 25.0 Å². The van der Waals surface area contributed by atoms with Crippen molar-refractivity contribution in [3.63, 3.8) is 0 Å². The van der Waals surface area contributed by atoms with E-state index in [-0.39, 0.29) is 24.5 Å². The second kappa shape index (κ2) is 6.87. The van der Waals surface area contributed by atoms with Gasteiger partial charge in [-0.3, -0.25) is 9.59 Å². The van der Waals surface area contributed by atoms with Crippen LogP contribution in [-0.4, -0.2) is 41.4 Å². The highest BCUT2D eigenvalue weighted by Crippen LogP contribution is 2.44. The highest BCUT2D eigenvalue weighted by Gasteiger charge is 2.42. The van der Waals surface area contributed by atoms with Gasteiger partial charge >= 0.3 is 0 Å². The zero-order valence-corrected chi connectivity index (χ0v) is 17.7. The van der Waals surface area contributed by atoms with Crippen LogP contribution in [0.4, 0.5) is 5.69 Å². The average Bonchev–Trinajstić information content (AvgIpc) is 3.58. The Balaban J connectivity index is 1.47. The summed E-state index contributed by atoms with van der Waals surface area (Å²) in [5.74, 6) is 0.755. The minimum absolute atomic E-state index is 0.0396. The molecule has 158 valence electrons. The van der Waals surface area contributed by atoms with Crippen LogP contribution in [0.2, 0.25) is 0 Å². The maximum absolute atomic E-state index is 13.4. The first kappa shape index (κ1) is 18.5. The molecule has 0 radical (unpaired) electrons. The number of hydrogen-bond acceptors (Lipinski definition) is 3. The Kier molecular flexibility index (Phi) is 4.10. The van der Waals surface area contributed by atoms with Gasteiger partial charge in [-0.2, -0.15) is 0 Å². The van der Waals surface area contributed by atoms with Crippen molar-refractivity contribution in [2.45, 2.75) is 32.0 Å². The molecule has 1 saturated carbocycles. The number of anilines is 1. The summed E-state index contributed by atoms with van der Waals surface area (Å²) in [7, 11) is 2.05. The minimum atomic E-state index is -0.213. The van der Waals surface area contributed by atoms with Crippen LogP contribution >= 0.6 is 0 Å². The number of benzene rings is 2. The van der Waals surface area contributed by atoms with Gasteiger partial charge in [0.1, 0.15) is 12.7 Å². The largest absolute Gasteiger partial charge is 0.354 e. The molecule has 0 bridgehead atoms. The molecular weight excluding hydrogens is 388 g/mol. The van der Waals surface area contributed by atoms with Gasteiger partial charge in [-0.25, -0.2) is 0 Å². The number of nitrogens with one attached hydrogen (secondary N) is 1. The molecule has 3 aromatic rings. The number of aromatic nitrogens is 1. The van der Waals surface area contributed by atoms with Gasteiger partial charge < -0.3 is 19.7 Å². The highest BCUT2D eigenvalue weighted by atomic mass is 16.2. The lowest BCUT2D eigenvalue weighted by Crippen LogP contribution is -2.51. The maximum atomic E-state index is 13.4. The van der Waals surface area contributed by atoms with Gasteiger partial charge in [0, 0.05) is 31.0 Å². The fraction of sp³-hybridized carbons (Fsp3) is 0.360. The Bertz CT molecular complexity index is 1210. The molecule has 0 saturated heterocycles. The molecule has 1 aliphatic carbocycles. The van der Waals surface area contributed by atoms with E-state index in [0.29, 0.717) is 12.5 Å². The molecule has 1 fully saturated rings. The Hall–Kier alpha value is -3.28. The van der Waals surface area contributed by atoms with Crippen LogP contribution in [0.25, 0.3) is 10.9 Å². The number of carbonyl (C=O) groups excluding carboxylic acids is 2. The highest BCUT2D eigenvalue weighted by molar-refractivity contribution is 6.02. The molecule has 2 amide bonds. The molecule has 6 nitrogen and oxygen atoms in total. The van der Waals surface area contributed by atoms with E-state index in [2.05, 4.69) is 33.0 Å². The summed E-state index contributed by atoms with van der Waals surface area (Å²) >= 11 is 0. The maximum Gasteiger partial charge on any atom is 0.257 e. The van der Waals surface area contributed by atoms with E-state index in [1.54, 1.807) is 0 Å². The van der Waals surface area contributed by atoms with Crippen LogP contribution in [0, 0.1) is 5.92 Å². The fourth-order valence-electron chi connectivity index (χ4n) is 5.26. The molecular formula is C25H26N4O2. The smallest absolute Gasteiger partial charge is 0.257 e. The summed E-state index contributed by atoms with van der Waals surface area (Å²) in [6, 6.07) is 16.1. The van der Waals surface area contributed by atoms with Crippen molar-refractivity contribution in [3.05, 3.63) is 65.4 Å². The molecule has 1 atom stereocenters. The second-order valence-corrected chi connectivity index (χ2v) is 8.96. The number of nitrogens with zero attached hydrogens (tertiary/aromatic N) is 3. The molecule has 31 heavy (non-hydrogen) atoms. The van der Waals surface area contributed by atoms with E-state index < -0.39 is 0 Å². The summed E-state index contributed by atoms with van der Waals surface area (Å²) in [6.45, 7) is 1.72. The van der Waals surface area contributed by atoms with E-state index in [1.807, 2.05) is 42.3 Å². The van der Waals surface area contributed by atoms with Crippen molar-refractivity contribution in [1.82, 2.24) is 14.8 Å². The Morgan fingerprint density at radius 3 is 2.71 bits per heavy atom. The molecule has 6 heteroatoms. The van der Waals surface area contributed by atoms with E-state index in [0.717, 1.165) is 35.4 Å². The van der Waals surface area contributed by atoms with Gasteiger partial charge in [0.25, 0.3) is 5.91 Å². The van der Waals surface area contributed by atoms with Gasteiger partial charge in [0.2, 0.25) is 5.91 Å². The SMILES string of the molecule is CN1c2ccccc2C(=O)N2CCc3c(n(CC(=O)NCC4CC4)c4ccccc34)[C@@H]21. The van der Waals surface area contributed by atoms with Crippen LogP contribution < -0.4 is 10.2 Å². The van der Waals surface area contributed by atoms with Gasteiger partial charge in [-0.15, -0.1) is 0 Å². The van der Waals surface area contributed by atoms with Crippen LogP contribution in [0.15, 0.2) is 48.5 Å². The minimum Gasteiger partial charge on any atom is -0.354 e. The van der Waals surface area contributed by atoms with Crippen molar-refractivity contribution < 1.29 is 9.59 Å². The fourth-order valence-corrected chi connectivity index (χ4v) is 5.26. The standard InChI is InChI=1S/C25H26N4O2/c1-27-20-8-4-3-7-19(20)25(31)28-13-12-18-17-6-2-5-9-21(17)29(23(18)24(27)28)15-22(30)26-14-16-10-11-16/h2-9,16,24H,10-15H2,1H3,(H,26,30)/t24-/m1/s1. The van der Waals surface area contributed by atoms with Crippen LogP contribution in [-0.2, 0) is 17.8 Å². The monoisotopic (exact) mass is 414 g/mol. The van der Waals surface area contributed by atoms with E-state index >= 15 is 0 Å². The lowest BCUT2D eigenvalue weighted by Gasteiger charge is -2.46. The number of fused-ring (bicyclic) bond motifs is 6. The lowest BCUT2D eigenvalue weighted by atomic mass is 9.96. The van der Waals surface area contributed by atoms with Gasteiger partial charge in [0.15, 0.2) is 0 Å². The first-order valence-corrected chi connectivity index (χ1v) is 11.1. The van der Waals surface area contributed by atoms with Crippen molar-refractivity contribution in [1.29, 1.82) is 0 Å². The summed E-state index contributed by atoms with van der Waals surface area (Å²) in [4.78, 5) is 30.3. The van der Waals surface area contributed by atoms with Crippen molar-refractivity contribution in [2.24, 2.45) is 5.92 Å².